The highest BCUT2D eigenvalue weighted by atomic mass is 15.0. The molecule has 0 spiro atoms. The molecule has 0 bridgehead atoms. The second-order valence-electron chi connectivity index (χ2n) is 10.3. The SMILES string of the molecule is c1ccc(-c2[nH]c3ccc(-c4ccc5c(c4)c4ccccc4n5-c4ccccc4)cc3c2-c2ccccc2)cc1. The summed E-state index contributed by atoms with van der Waals surface area (Å²) in [6.45, 7) is 0. The molecule has 40 heavy (non-hydrogen) atoms. The van der Waals surface area contributed by atoms with Gasteiger partial charge in [0.1, 0.15) is 0 Å². The van der Waals surface area contributed by atoms with E-state index in [1.54, 1.807) is 0 Å². The van der Waals surface area contributed by atoms with E-state index in [4.69, 9.17) is 0 Å². The van der Waals surface area contributed by atoms with Crippen molar-refractivity contribution in [3.05, 3.63) is 152 Å². The Bertz CT molecular complexity index is 2130. The molecule has 0 unspecified atom stereocenters. The molecule has 0 radical (unpaired) electrons. The maximum Gasteiger partial charge on any atom is 0.0544 e. The number of aromatic amines is 1. The van der Waals surface area contributed by atoms with Crippen LogP contribution in [-0.4, -0.2) is 9.55 Å². The van der Waals surface area contributed by atoms with Crippen molar-refractivity contribution in [2.24, 2.45) is 0 Å². The predicted octanol–water partition coefficient (Wildman–Crippen LogP) is 10.3. The number of hydrogen-bond acceptors (Lipinski definition) is 0. The van der Waals surface area contributed by atoms with Crippen LogP contribution in [0.15, 0.2) is 152 Å². The highest BCUT2D eigenvalue weighted by molar-refractivity contribution is 6.11. The normalized spacial score (nSPS) is 11.5. The summed E-state index contributed by atoms with van der Waals surface area (Å²) in [6.07, 6.45) is 0. The summed E-state index contributed by atoms with van der Waals surface area (Å²) in [5, 5.41) is 3.76. The number of hydrogen-bond donors (Lipinski definition) is 1. The molecule has 0 atom stereocenters. The summed E-state index contributed by atoms with van der Waals surface area (Å²) in [5.74, 6) is 0. The van der Waals surface area contributed by atoms with Gasteiger partial charge in [-0.2, -0.15) is 0 Å². The van der Waals surface area contributed by atoms with E-state index in [1.807, 2.05) is 0 Å². The van der Waals surface area contributed by atoms with Gasteiger partial charge in [0.25, 0.3) is 0 Å². The number of benzene rings is 6. The molecule has 2 aromatic heterocycles. The van der Waals surface area contributed by atoms with Crippen molar-refractivity contribution >= 4 is 32.7 Å². The number of fused-ring (bicyclic) bond motifs is 4. The van der Waals surface area contributed by atoms with Gasteiger partial charge in [0.05, 0.1) is 16.7 Å². The van der Waals surface area contributed by atoms with Crippen LogP contribution in [0.2, 0.25) is 0 Å². The van der Waals surface area contributed by atoms with Crippen LogP contribution in [0.1, 0.15) is 0 Å². The molecule has 0 aliphatic heterocycles. The predicted molar refractivity (Wildman–Crippen MR) is 169 cm³/mol. The van der Waals surface area contributed by atoms with Gasteiger partial charge in [-0.3, -0.25) is 0 Å². The molecule has 0 saturated heterocycles. The first-order valence-corrected chi connectivity index (χ1v) is 13.7. The Morgan fingerprint density at radius 2 is 0.975 bits per heavy atom. The smallest absolute Gasteiger partial charge is 0.0544 e. The summed E-state index contributed by atoms with van der Waals surface area (Å²) < 4.78 is 2.36. The first kappa shape index (κ1) is 22.6. The van der Waals surface area contributed by atoms with Crippen molar-refractivity contribution in [1.29, 1.82) is 0 Å². The maximum atomic E-state index is 3.73. The van der Waals surface area contributed by atoms with Gasteiger partial charge in [-0.15, -0.1) is 0 Å². The molecule has 188 valence electrons. The summed E-state index contributed by atoms with van der Waals surface area (Å²) in [6, 6.07) is 54.3. The average Bonchev–Trinajstić information content (AvgIpc) is 3.58. The Labute approximate surface area is 232 Å². The zero-order chi connectivity index (χ0) is 26.5. The monoisotopic (exact) mass is 510 g/mol. The largest absolute Gasteiger partial charge is 0.354 e. The van der Waals surface area contributed by atoms with Gasteiger partial charge < -0.3 is 9.55 Å². The lowest BCUT2D eigenvalue weighted by Crippen LogP contribution is -1.92. The van der Waals surface area contributed by atoms with E-state index in [0.717, 1.165) is 11.2 Å². The minimum Gasteiger partial charge on any atom is -0.354 e. The Morgan fingerprint density at radius 3 is 1.73 bits per heavy atom. The van der Waals surface area contributed by atoms with E-state index in [0.29, 0.717) is 0 Å². The zero-order valence-electron chi connectivity index (χ0n) is 21.9. The molecule has 0 saturated carbocycles. The quantitative estimate of drug-likeness (QED) is 0.243. The molecular weight excluding hydrogens is 484 g/mol. The summed E-state index contributed by atoms with van der Waals surface area (Å²) >= 11 is 0. The van der Waals surface area contributed by atoms with Crippen LogP contribution in [0.4, 0.5) is 0 Å². The lowest BCUT2D eigenvalue weighted by molar-refractivity contribution is 1.18. The van der Waals surface area contributed by atoms with Crippen LogP contribution in [-0.2, 0) is 0 Å². The van der Waals surface area contributed by atoms with Gasteiger partial charge in [-0.25, -0.2) is 0 Å². The molecule has 8 aromatic rings. The van der Waals surface area contributed by atoms with Gasteiger partial charge in [0.15, 0.2) is 0 Å². The van der Waals surface area contributed by atoms with E-state index >= 15 is 0 Å². The average molecular weight is 511 g/mol. The molecule has 0 aliphatic carbocycles. The maximum absolute atomic E-state index is 3.73. The first-order chi connectivity index (χ1) is 19.8. The van der Waals surface area contributed by atoms with Crippen molar-refractivity contribution < 1.29 is 0 Å². The van der Waals surface area contributed by atoms with Crippen LogP contribution < -0.4 is 0 Å². The standard InChI is InChI=1S/C38H26N2/c1-4-12-26(13-5-1)37-33-25-28(20-22-34(33)39-38(37)27-14-6-2-7-15-27)29-21-23-36-32(24-29)31-18-10-11-19-35(31)40(36)30-16-8-3-9-17-30/h1-25,39H. The van der Waals surface area contributed by atoms with Crippen molar-refractivity contribution in [2.75, 3.05) is 0 Å². The fraction of sp³-hybridized carbons (Fsp3) is 0. The van der Waals surface area contributed by atoms with Crippen molar-refractivity contribution in [2.45, 2.75) is 0 Å². The molecule has 2 nitrogen and oxygen atoms in total. The van der Waals surface area contributed by atoms with E-state index in [-0.39, 0.29) is 0 Å². The topological polar surface area (TPSA) is 20.7 Å². The number of H-pyrrole nitrogens is 1. The van der Waals surface area contributed by atoms with Crippen LogP contribution in [0.5, 0.6) is 0 Å². The van der Waals surface area contributed by atoms with E-state index in [1.165, 1.54) is 60.7 Å². The Balaban J connectivity index is 1.35. The third kappa shape index (κ3) is 3.58. The van der Waals surface area contributed by atoms with Gasteiger partial charge in [-0.05, 0) is 64.7 Å². The van der Waals surface area contributed by atoms with E-state index in [2.05, 4.69) is 161 Å². The van der Waals surface area contributed by atoms with Crippen molar-refractivity contribution in [3.8, 4) is 39.2 Å². The highest BCUT2D eigenvalue weighted by Gasteiger charge is 2.17. The van der Waals surface area contributed by atoms with Crippen LogP contribution in [0, 0.1) is 0 Å². The van der Waals surface area contributed by atoms with Gasteiger partial charge in [0, 0.05) is 32.9 Å². The fourth-order valence-corrected chi connectivity index (χ4v) is 6.11. The fourth-order valence-electron chi connectivity index (χ4n) is 6.11. The molecule has 6 aromatic carbocycles. The number of nitrogens with one attached hydrogen (secondary N) is 1. The first-order valence-electron chi connectivity index (χ1n) is 13.7. The van der Waals surface area contributed by atoms with Crippen molar-refractivity contribution in [1.82, 2.24) is 9.55 Å². The van der Waals surface area contributed by atoms with E-state index < -0.39 is 0 Å². The summed E-state index contributed by atoms with van der Waals surface area (Å²) in [5.41, 5.74) is 12.0. The minimum absolute atomic E-state index is 1.14. The second-order valence-corrected chi connectivity index (χ2v) is 10.3. The number of aromatic nitrogens is 2. The lowest BCUT2D eigenvalue weighted by Gasteiger charge is -2.09. The molecule has 0 fully saturated rings. The third-order valence-corrected chi connectivity index (χ3v) is 7.94. The second kappa shape index (κ2) is 9.14. The minimum atomic E-state index is 1.14. The molecule has 0 amide bonds. The molecule has 2 heterocycles. The number of para-hydroxylation sites is 2. The Morgan fingerprint density at radius 1 is 0.400 bits per heavy atom. The van der Waals surface area contributed by atoms with E-state index in [9.17, 15) is 0 Å². The Hall–Kier alpha value is -5.34. The Kier molecular flexibility index (Phi) is 5.17. The van der Waals surface area contributed by atoms with Gasteiger partial charge in [-0.1, -0.05) is 109 Å². The molecule has 1 N–H and O–H groups in total. The van der Waals surface area contributed by atoms with Gasteiger partial charge in [0.2, 0.25) is 0 Å². The van der Waals surface area contributed by atoms with Crippen LogP contribution in [0.3, 0.4) is 0 Å². The molecule has 2 heteroatoms. The van der Waals surface area contributed by atoms with Gasteiger partial charge >= 0.3 is 0 Å². The number of nitrogens with zero attached hydrogens (tertiary/aromatic N) is 1. The molecule has 8 rings (SSSR count). The highest BCUT2D eigenvalue weighted by Crippen LogP contribution is 2.41. The zero-order valence-corrected chi connectivity index (χ0v) is 21.9. The third-order valence-electron chi connectivity index (χ3n) is 7.94. The summed E-state index contributed by atoms with van der Waals surface area (Å²) in [4.78, 5) is 3.73. The number of rotatable bonds is 4. The van der Waals surface area contributed by atoms with Crippen molar-refractivity contribution in [3.63, 3.8) is 0 Å². The molecule has 0 aliphatic rings. The summed E-state index contributed by atoms with van der Waals surface area (Å²) in [7, 11) is 0. The lowest BCUT2D eigenvalue weighted by atomic mass is 9.96. The molecular formula is C38H26N2. The van der Waals surface area contributed by atoms with Crippen LogP contribution in [0.25, 0.3) is 71.9 Å². The van der Waals surface area contributed by atoms with Crippen LogP contribution >= 0.6 is 0 Å².